The molecule has 0 fully saturated rings. The topological polar surface area (TPSA) is 51.1 Å². The van der Waals surface area contributed by atoms with Gasteiger partial charge < -0.3 is 9.47 Å². The van der Waals surface area contributed by atoms with Crippen LogP contribution in [0.5, 0.6) is 11.5 Å². The summed E-state index contributed by atoms with van der Waals surface area (Å²) in [6, 6.07) is 23.0. The Kier molecular flexibility index (Phi) is 5.85. The van der Waals surface area contributed by atoms with Crippen LogP contribution in [0.1, 0.15) is 23.6 Å². The number of aryl methyl sites for hydroxylation is 1. The molecule has 0 atom stereocenters. The van der Waals surface area contributed by atoms with Crippen LogP contribution < -0.4 is 14.4 Å². The molecule has 1 amide bonds. The van der Waals surface area contributed by atoms with Gasteiger partial charge in [0.05, 0.1) is 19.4 Å². The smallest absolute Gasteiger partial charge is 0.282 e. The Bertz CT molecular complexity index is 1150. The van der Waals surface area contributed by atoms with E-state index in [-0.39, 0.29) is 5.91 Å². The van der Waals surface area contributed by atoms with Gasteiger partial charge in [0.25, 0.3) is 5.91 Å². The van der Waals surface area contributed by atoms with Crippen molar-refractivity contribution in [2.45, 2.75) is 13.8 Å². The third kappa shape index (κ3) is 4.21. The molecule has 0 saturated carbocycles. The largest absolute Gasteiger partial charge is 0.496 e. The van der Waals surface area contributed by atoms with E-state index in [0.29, 0.717) is 23.9 Å². The number of amides is 1. The van der Waals surface area contributed by atoms with Gasteiger partial charge in [-0.3, -0.25) is 9.69 Å². The lowest BCUT2D eigenvalue weighted by molar-refractivity contribution is -0.113. The van der Waals surface area contributed by atoms with Crippen LogP contribution in [0.2, 0.25) is 0 Å². The molecule has 5 heteroatoms. The standard InChI is InChI=1S/C26H24N2O3/c1-4-31-22-15-13-21(14-16-22)28-25(19-11-9-18(2)10-12-19)27-23(26(28)29)17-20-7-5-6-8-24(20)30-3/h5-17H,4H2,1-3H3/b23-17+. The van der Waals surface area contributed by atoms with Crippen LogP contribution in [0.15, 0.2) is 83.5 Å². The zero-order valence-corrected chi connectivity index (χ0v) is 17.8. The SMILES string of the molecule is CCOc1ccc(N2C(=O)/C(=C\c3ccccc3OC)N=C2c2ccc(C)cc2)cc1. The van der Waals surface area contributed by atoms with E-state index >= 15 is 0 Å². The lowest BCUT2D eigenvalue weighted by Crippen LogP contribution is -2.32. The van der Waals surface area contributed by atoms with Crippen LogP contribution in [-0.4, -0.2) is 25.5 Å². The van der Waals surface area contributed by atoms with Gasteiger partial charge in [-0.1, -0.05) is 48.0 Å². The normalized spacial score (nSPS) is 14.7. The fourth-order valence-corrected chi connectivity index (χ4v) is 3.44. The van der Waals surface area contributed by atoms with Crippen molar-refractivity contribution < 1.29 is 14.3 Å². The van der Waals surface area contributed by atoms with Gasteiger partial charge in [-0.25, -0.2) is 4.99 Å². The van der Waals surface area contributed by atoms with Crippen LogP contribution in [0.3, 0.4) is 0 Å². The molecule has 0 aromatic heterocycles. The molecule has 1 aliphatic rings. The fraction of sp³-hybridized carbons (Fsp3) is 0.154. The Morgan fingerprint density at radius 2 is 1.68 bits per heavy atom. The molecule has 0 spiro atoms. The van der Waals surface area contributed by atoms with E-state index in [2.05, 4.69) is 0 Å². The number of methoxy groups -OCH3 is 1. The van der Waals surface area contributed by atoms with Crippen molar-refractivity contribution in [3.8, 4) is 11.5 Å². The van der Waals surface area contributed by atoms with E-state index in [1.165, 1.54) is 0 Å². The Hall–Kier alpha value is -3.86. The Morgan fingerprint density at radius 1 is 0.968 bits per heavy atom. The van der Waals surface area contributed by atoms with E-state index < -0.39 is 0 Å². The second-order valence-electron chi connectivity index (χ2n) is 7.14. The van der Waals surface area contributed by atoms with Gasteiger partial charge in [0.2, 0.25) is 0 Å². The number of carbonyl (C=O) groups excluding carboxylic acids is 1. The minimum absolute atomic E-state index is 0.189. The molecule has 3 aromatic rings. The molecular formula is C26H24N2O3. The number of amidine groups is 1. The van der Waals surface area contributed by atoms with Crippen molar-refractivity contribution in [1.82, 2.24) is 0 Å². The second-order valence-corrected chi connectivity index (χ2v) is 7.14. The molecule has 3 aromatic carbocycles. The molecule has 5 nitrogen and oxygen atoms in total. The summed E-state index contributed by atoms with van der Waals surface area (Å²) in [4.78, 5) is 19.8. The van der Waals surface area contributed by atoms with Crippen LogP contribution in [0, 0.1) is 6.92 Å². The van der Waals surface area contributed by atoms with E-state index in [1.807, 2.05) is 86.6 Å². The van der Waals surface area contributed by atoms with Crippen molar-refractivity contribution in [1.29, 1.82) is 0 Å². The number of aliphatic imine (C=N–C) groups is 1. The molecule has 0 N–H and O–H groups in total. The van der Waals surface area contributed by atoms with Crippen molar-refractivity contribution in [3.05, 3.63) is 95.2 Å². The molecule has 0 bridgehead atoms. The number of rotatable bonds is 6. The predicted octanol–water partition coefficient (Wildman–Crippen LogP) is 5.24. The summed E-state index contributed by atoms with van der Waals surface area (Å²) in [5.41, 5.74) is 3.90. The van der Waals surface area contributed by atoms with E-state index in [0.717, 1.165) is 28.1 Å². The van der Waals surface area contributed by atoms with Crippen LogP contribution in [0.4, 0.5) is 5.69 Å². The molecule has 1 aliphatic heterocycles. The molecule has 0 unspecified atom stereocenters. The number of para-hydroxylation sites is 1. The van der Waals surface area contributed by atoms with Crippen molar-refractivity contribution in [3.63, 3.8) is 0 Å². The highest BCUT2D eigenvalue weighted by Gasteiger charge is 2.32. The maximum atomic E-state index is 13.4. The van der Waals surface area contributed by atoms with Gasteiger partial charge in [-0.15, -0.1) is 0 Å². The zero-order valence-electron chi connectivity index (χ0n) is 17.8. The van der Waals surface area contributed by atoms with Crippen LogP contribution >= 0.6 is 0 Å². The Labute approximate surface area is 182 Å². The number of anilines is 1. The minimum atomic E-state index is -0.189. The number of nitrogens with zero attached hydrogens (tertiary/aromatic N) is 2. The summed E-state index contributed by atoms with van der Waals surface area (Å²) in [5.74, 6) is 1.85. The first-order valence-electron chi connectivity index (χ1n) is 10.2. The van der Waals surface area contributed by atoms with Gasteiger partial charge in [0.1, 0.15) is 23.0 Å². The molecule has 1 heterocycles. The van der Waals surface area contributed by atoms with E-state index in [1.54, 1.807) is 18.1 Å². The summed E-state index contributed by atoms with van der Waals surface area (Å²) in [6.45, 7) is 4.56. The van der Waals surface area contributed by atoms with Gasteiger partial charge >= 0.3 is 0 Å². The number of hydrogen-bond donors (Lipinski definition) is 0. The van der Waals surface area contributed by atoms with Crippen molar-refractivity contribution in [2.24, 2.45) is 4.99 Å². The van der Waals surface area contributed by atoms with Gasteiger partial charge in [0.15, 0.2) is 0 Å². The van der Waals surface area contributed by atoms with E-state index in [4.69, 9.17) is 14.5 Å². The quantitative estimate of drug-likeness (QED) is 0.521. The fourth-order valence-electron chi connectivity index (χ4n) is 3.44. The zero-order chi connectivity index (χ0) is 21.8. The number of hydrogen-bond acceptors (Lipinski definition) is 4. The summed E-state index contributed by atoms with van der Waals surface area (Å²) in [5, 5.41) is 0. The molecule has 31 heavy (non-hydrogen) atoms. The lowest BCUT2D eigenvalue weighted by atomic mass is 10.1. The Balaban J connectivity index is 1.79. The number of benzene rings is 3. The third-order valence-electron chi connectivity index (χ3n) is 5.01. The lowest BCUT2D eigenvalue weighted by Gasteiger charge is -2.19. The molecule has 0 saturated heterocycles. The van der Waals surface area contributed by atoms with Gasteiger partial charge in [-0.05, 0) is 50.3 Å². The highest BCUT2D eigenvalue weighted by Crippen LogP contribution is 2.30. The first-order valence-corrected chi connectivity index (χ1v) is 10.2. The predicted molar refractivity (Wildman–Crippen MR) is 124 cm³/mol. The van der Waals surface area contributed by atoms with E-state index in [9.17, 15) is 4.79 Å². The highest BCUT2D eigenvalue weighted by atomic mass is 16.5. The molecule has 156 valence electrons. The Morgan fingerprint density at radius 3 is 2.35 bits per heavy atom. The van der Waals surface area contributed by atoms with Crippen molar-refractivity contribution in [2.75, 3.05) is 18.6 Å². The van der Waals surface area contributed by atoms with Gasteiger partial charge in [0, 0.05) is 11.1 Å². The minimum Gasteiger partial charge on any atom is -0.496 e. The molecule has 0 radical (unpaired) electrons. The average molecular weight is 412 g/mol. The van der Waals surface area contributed by atoms with Crippen LogP contribution in [-0.2, 0) is 4.79 Å². The highest BCUT2D eigenvalue weighted by molar-refractivity contribution is 6.33. The number of carbonyl (C=O) groups is 1. The second kappa shape index (κ2) is 8.88. The molecular weight excluding hydrogens is 388 g/mol. The summed E-state index contributed by atoms with van der Waals surface area (Å²) < 4.78 is 11.0. The monoisotopic (exact) mass is 412 g/mol. The summed E-state index contributed by atoms with van der Waals surface area (Å²) >= 11 is 0. The number of ether oxygens (including phenoxy) is 2. The average Bonchev–Trinajstić information content (AvgIpc) is 3.11. The summed E-state index contributed by atoms with van der Waals surface area (Å²) in [6.07, 6.45) is 1.77. The maximum Gasteiger partial charge on any atom is 0.282 e. The summed E-state index contributed by atoms with van der Waals surface area (Å²) in [7, 11) is 1.61. The first-order chi connectivity index (χ1) is 15.1. The van der Waals surface area contributed by atoms with Gasteiger partial charge in [-0.2, -0.15) is 0 Å². The molecule has 4 rings (SSSR count). The third-order valence-corrected chi connectivity index (χ3v) is 5.01. The van der Waals surface area contributed by atoms with Crippen LogP contribution in [0.25, 0.3) is 6.08 Å². The van der Waals surface area contributed by atoms with Crippen molar-refractivity contribution >= 4 is 23.5 Å². The first kappa shape index (κ1) is 20.4. The molecule has 0 aliphatic carbocycles. The maximum absolute atomic E-state index is 13.4.